The largest absolute Gasteiger partial charge is 0.394 e. The molecule has 3 N–H and O–H groups in total. The summed E-state index contributed by atoms with van der Waals surface area (Å²) < 4.78 is 6.84. The number of halogens is 2. The van der Waals surface area contributed by atoms with Crippen molar-refractivity contribution >= 4 is 34.4 Å². The minimum atomic E-state index is -1.22. The van der Waals surface area contributed by atoms with E-state index in [0.717, 1.165) is 0 Å². The zero-order valence-electron chi connectivity index (χ0n) is 10.0. The van der Waals surface area contributed by atoms with Gasteiger partial charge in [0.2, 0.25) is 0 Å². The molecular formula is C11H11Cl2N3O4. The summed E-state index contributed by atoms with van der Waals surface area (Å²) in [6, 6.07) is 1.46. The van der Waals surface area contributed by atoms with Gasteiger partial charge in [0, 0.05) is 0 Å². The van der Waals surface area contributed by atoms with Gasteiger partial charge < -0.3 is 20.1 Å². The molecule has 3 heterocycles. The first kappa shape index (κ1) is 14.0. The van der Waals surface area contributed by atoms with Gasteiger partial charge in [-0.3, -0.25) is 4.57 Å². The number of nitrogens with zero attached hydrogens (tertiary/aromatic N) is 3. The molecule has 7 nitrogen and oxygen atoms in total. The van der Waals surface area contributed by atoms with Gasteiger partial charge in [0.25, 0.3) is 0 Å². The molecule has 1 saturated heterocycles. The Balaban J connectivity index is 2.07. The molecule has 2 aromatic heterocycles. The Bertz CT molecular complexity index is 650. The summed E-state index contributed by atoms with van der Waals surface area (Å²) in [5, 5.41) is 29.4. The fraction of sp³-hybridized carbons (Fsp3) is 0.455. The maximum atomic E-state index is 10.0. The lowest BCUT2D eigenvalue weighted by Crippen LogP contribution is -2.33. The van der Waals surface area contributed by atoms with Crippen molar-refractivity contribution in [1.82, 2.24) is 14.5 Å². The first-order valence-electron chi connectivity index (χ1n) is 5.84. The van der Waals surface area contributed by atoms with Gasteiger partial charge in [-0.25, -0.2) is 9.97 Å². The van der Waals surface area contributed by atoms with E-state index in [1.54, 1.807) is 0 Å². The smallest absolute Gasteiger partial charge is 0.165 e. The zero-order valence-corrected chi connectivity index (χ0v) is 11.5. The van der Waals surface area contributed by atoms with Crippen molar-refractivity contribution in [2.45, 2.75) is 24.5 Å². The van der Waals surface area contributed by atoms with Crippen LogP contribution in [0.1, 0.15) is 6.23 Å². The Kier molecular flexibility index (Phi) is 3.57. The number of hydrogen-bond donors (Lipinski definition) is 3. The molecule has 1 fully saturated rings. The van der Waals surface area contributed by atoms with E-state index in [1.165, 1.54) is 17.0 Å². The highest BCUT2D eigenvalue weighted by molar-refractivity contribution is 6.37. The van der Waals surface area contributed by atoms with Crippen LogP contribution in [0.2, 0.25) is 10.2 Å². The average Bonchev–Trinajstić information content (AvgIpc) is 2.93. The molecule has 2 aromatic rings. The van der Waals surface area contributed by atoms with Crippen molar-refractivity contribution in [1.29, 1.82) is 0 Å². The van der Waals surface area contributed by atoms with Crippen molar-refractivity contribution in [3.8, 4) is 0 Å². The molecule has 9 heteroatoms. The second-order valence-electron chi connectivity index (χ2n) is 4.48. The maximum Gasteiger partial charge on any atom is 0.165 e. The number of pyridine rings is 1. The second-order valence-corrected chi connectivity index (χ2v) is 5.27. The zero-order chi connectivity index (χ0) is 14.4. The normalized spacial score (nSPS) is 30.2. The number of hydrogen-bond acceptors (Lipinski definition) is 6. The van der Waals surface area contributed by atoms with E-state index in [4.69, 9.17) is 33.0 Å². The van der Waals surface area contributed by atoms with E-state index < -0.39 is 31.1 Å². The molecule has 0 amide bonds. The highest BCUT2D eigenvalue weighted by Gasteiger charge is 2.43. The minimum Gasteiger partial charge on any atom is -0.394 e. The number of rotatable bonds is 2. The summed E-state index contributed by atoms with van der Waals surface area (Å²) >= 11 is 11.9. The van der Waals surface area contributed by atoms with Crippen molar-refractivity contribution in [2.75, 3.05) is 6.61 Å². The molecule has 108 valence electrons. The number of aliphatic hydroxyl groups excluding tert-OH is 3. The summed E-state index contributed by atoms with van der Waals surface area (Å²) in [6.07, 6.45) is -2.82. The Morgan fingerprint density at radius 3 is 2.70 bits per heavy atom. The molecule has 20 heavy (non-hydrogen) atoms. The molecule has 0 saturated carbocycles. The van der Waals surface area contributed by atoms with Crippen LogP contribution in [-0.4, -0.2) is 54.8 Å². The summed E-state index contributed by atoms with van der Waals surface area (Å²) in [7, 11) is 0. The van der Waals surface area contributed by atoms with Crippen molar-refractivity contribution in [3.63, 3.8) is 0 Å². The third-order valence-electron chi connectivity index (χ3n) is 3.24. The first-order valence-corrected chi connectivity index (χ1v) is 6.59. The van der Waals surface area contributed by atoms with Crippen LogP contribution in [0, 0.1) is 0 Å². The van der Waals surface area contributed by atoms with Gasteiger partial charge in [-0.05, 0) is 6.07 Å². The van der Waals surface area contributed by atoms with Crippen LogP contribution in [-0.2, 0) is 4.74 Å². The van der Waals surface area contributed by atoms with Crippen molar-refractivity contribution in [3.05, 3.63) is 22.6 Å². The van der Waals surface area contributed by atoms with Crippen molar-refractivity contribution in [2.24, 2.45) is 0 Å². The Morgan fingerprint density at radius 1 is 1.30 bits per heavy atom. The Labute approximate surface area is 123 Å². The molecule has 1 aliphatic rings. The summed E-state index contributed by atoms with van der Waals surface area (Å²) in [6.45, 7) is -0.406. The first-order chi connectivity index (χ1) is 9.52. The predicted octanol–water partition coefficient (Wildman–Crippen LogP) is 0.350. The van der Waals surface area contributed by atoms with Gasteiger partial charge in [-0.15, -0.1) is 0 Å². The lowest BCUT2D eigenvalue weighted by Gasteiger charge is -2.16. The van der Waals surface area contributed by atoms with E-state index in [0.29, 0.717) is 16.2 Å². The van der Waals surface area contributed by atoms with Gasteiger partial charge in [0.15, 0.2) is 11.9 Å². The molecule has 0 aliphatic carbocycles. The number of fused-ring (bicyclic) bond motifs is 1. The predicted molar refractivity (Wildman–Crippen MR) is 70.6 cm³/mol. The molecule has 0 bridgehead atoms. The van der Waals surface area contributed by atoms with E-state index in [9.17, 15) is 10.2 Å². The molecule has 0 radical (unpaired) electrons. The third kappa shape index (κ3) is 2.07. The van der Waals surface area contributed by atoms with Gasteiger partial charge in [0.05, 0.1) is 18.0 Å². The lowest BCUT2D eigenvalue weighted by molar-refractivity contribution is -0.0511. The van der Waals surface area contributed by atoms with Gasteiger partial charge in [-0.2, -0.15) is 0 Å². The topological polar surface area (TPSA) is 101 Å². The van der Waals surface area contributed by atoms with Crippen LogP contribution in [0.3, 0.4) is 0 Å². The minimum absolute atomic E-state index is 0.177. The Hall–Kier alpha value is -0.960. The van der Waals surface area contributed by atoms with E-state index in [2.05, 4.69) is 9.97 Å². The Morgan fingerprint density at radius 2 is 2.05 bits per heavy atom. The fourth-order valence-corrected chi connectivity index (χ4v) is 2.72. The van der Waals surface area contributed by atoms with Gasteiger partial charge in [-0.1, -0.05) is 23.2 Å². The summed E-state index contributed by atoms with van der Waals surface area (Å²) in [4.78, 5) is 8.19. The molecular weight excluding hydrogens is 309 g/mol. The van der Waals surface area contributed by atoms with Crippen LogP contribution in [0.25, 0.3) is 11.2 Å². The van der Waals surface area contributed by atoms with Crippen LogP contribution in [0.5, 0.6) is 0 Å². The number of ether oxygens (including phenoxy) is 1. The van der Waals surface area contributed by atoms with Crippen LogP contribution < -0.4 is 0 Å². The van der Waals surface area contributed by atoms with Crippen LogP contribution >= 0.6 is 23.2 Å². The maximum absolute atomic E-state index is 10.0. The van der Waals surface area contributed by atoms with Crippen molar-refractivity contribution < 1.29 is 20.1 Å². The fourth-order valence-electron chi connectivity index (χ4n) is 2.24. The molecule has 0 unspecified atom stereocenters. The van der Waals surface area contributed by atoms with Gasteiger partial charge >= 0.3 is 0 Å². The lowest BCUT2D eigenvalue weighted by atomic mass is 10.1. The number of imidazole rings is 1. The highest BCUT2D eigenvalue weighted by Crippen LogP contribution is 2.33. The molecule has 3 rings (SSSR count). The third-order valence-corrected chi connectivity index (χ3v) is 3.73. The van der Waals surface area contributed by atoms with E-state index >= 15 is 0 Å². The monoisotopic (exact) mass is 319 g/mol. The summed E-state index contributed by atoms with van der Waals surface area (Å²) in [5.74, 6) is 0. The summed E-state index contributed by atoms with van der Waals surface area (Å²) in [5.41, 5.74) is 0.742. The number of aliphatic hydroxyl groups is 3. The molecule has 4 atom stereocenters. The van der Waals surface area contributed by atoms with E-state index in [1.807, 2.05) is 0 Å². The van der Waals surface area contributed by atoms with E-state index in [-0.39, 0.29) is 5.15 Å². The second kappa shape index (κ2) is 5.10. The quantitative estimate of drug-likeness (QED) is 0.690. The molecule has 0 aromatic carbocycles. The van der Waals surface area contributed by atoms with Crippen LogP contribution in [0.4, 0.5) is 0 Å². The molecule has 0 spiro atoms. The highest BCUT2D eigenvalue weighted by atomic mass is 35.5. The molecule has 1 aliphatic heterocycles. The standard InChI is InChI=1S/C11H11Cl2N3O4/c12-4-1-6(13)15-10-7(4)14-3-16(10)11-9(19)8(18)5(2-17)20-11/h1,3,5,8-9,11,17-19H,2H2/t5-,8-,9-,11-/m1/s1. The van der Waals surface area contributed by atoms with Gasteiger partial charge in [0.1, 0.15) is 29.0 Å². The number of aromatic nitrogens is 3. The average molecular weight is 320 g/mol. The van der Waals surface area contributed by atoms with Crippen LogP contribution in [0.15, 0.2) is 12.4 Å². The SMILES string of the molecule is OC[C@H]1O[C@@H](n2cnc3c(Cl)cc(Cl)nc32)[C@H](O)[C@@H]1O.